The summed E-state index contributed by atoms with van der Waals surface area (Å²) in [6.45, 7) is 0. The number of halogens is 3. The Hall–Kier alpha value is -2.31. The molecular weight excluding hydrogens is 249 g/mol. The van der Waals surface area contributed by atoms with Gasteiger partial charge < -0.3 is 10.1 Å². The van der Waals surface area contributed by atoms with E-state index in [1.165, 1.54) is 18.3 Å². The molecule has 0 aliphatic heterocycles. The Morgan fingerprint density at radius 1 is 1.22 bits per heavy atom. The first kappa shape index (κ1) is 12.2. The first-order chi connectivity index (χ1) is 8.38. The van der Waals surface area contributed by atoms with E-state index in [0.717, 1.165) is 12.1 Å². The molecule has 1 aromatic carbocycles. The quantitative estimate of drug-likeness (QED) is 0.868. The number of hydrogen-bond donors (Lipinski definition) is 2. The van der Waals surface area contributed by atoms with Crippen LogP contribution >= 0.6 is 0 Å². The van der Waals surface area contributed by atoms with E-state index in [9.17, 15) is 18.0 Å². The summed E-state index contributed by atoms with van der Waals surface area (Å²) in [6, 6.07) is 4.36. The van der Waals surface area contributed by atoms with Crippen molar-refractivity contribution < 1.29 is 23.1 Å². The highest BCUT2D eigenvalue weighted by molar-refractivity contribution is 5.84. The molecule has 2 N–H and O–H groups in total. The van der Waals surface area contributed by atoms with Crippen LogP contribution in [0.3, 0.4) is 0 Å². The molecule has 1 aromatic heterocycles. The highest BCUT2D eigenvalue weighted by Crippen LogP contribution is 2.30. The molecule has 4 nitrogen and oxygen atoms in total. The summed E-state index contributed by atoms with van der Waals surface area (Å²) in [6.07, 6.45) is -3.13. The number of H-pyrrole nitrogens is 1. The molecule has 2 aromatic rings. The van der Waals surface area contributed by atoms with E-state index in [1.54, 1.807) is 0 Å². The van der Waals surface area contributed by atoms with Crippen LogP contribution in [-0.2, 0) is 6.18 Å². The molecule has 0 unspecified atom stereocenters. The number of aromatic amines is 1. The highest BCUT2D eigenvalue weighted by atomic mass is 19.4. The smallest absolute Gasteiger partial charge is 0.416 e. The Morgan fingerprint density at radius 3 is 2.28 bits per heavy atom. The van der Waals surface area contributed by atoms with E-state index >= 15 is 0 Å². The lowest BCUT2D eigenvalue weighted by molar-refractivity contribution is -0.137. The van der Waals surface area contributed by atoms with Crippen LogP contribution in [0.1, 0.15) is 16.2 Å². The van der Waals surface area contributed by atoms with Gasteiger partial charge in [-0.15, -0.1) is 0 Å². The van der Waals surface area contributed by atoms with Gasteiger partial charge in [0.2, 0.25) is 5.82 Å². The van der Waals surface area contributed by atoms with E-state index in [-0.39, 0.29) is 5.82 Å². The zero-order valence-corrected chi connectivity index (χ0v) is 8.82. The van der Waals surface area contributed by atoms with Gasteiger partial charge in [0.05, 0.1) is 17.5 Å². The van der Waals surface area contributed by atoms with Crippen molar-refractivity contribution in [1.29, 1.82) is 0 Å². The van der Waals surface area contributed by atoms with Crippen LogP contribution in [0.4, 0.5) is 13.2 Å². The first-order valence-corrected chi connectivity index (χ1v) is 4.84. The van der Waals surface area contributed by atoms with Crippen molar-refractivity contribution in [2.24, 2.45) is 0 Å². The summed E-state index contributed by atoms with van der Waals surface area (Å²) in [7, 11) is 0. The number of aromatic nitrogens is 2. The summed E-state index contributed by atoms with van der Waals surface area (Å²) in [5, 5.41) is 8.65. The predicted molar refractivity (Wildman–Crippen MR) is 56.0 cm³/mol. The molecule has 18 heavy (non-hydrogen) atoms. The summed E-state index contributed by atoms with van der Waals surface area (Å²) in [4.78, 5) is 16.7. The summed E-state index contributed by atoms with van der Waals surface area (Å²) < 4.78 is 37.0. The van der Waals surface area contributed by atoms with Gasteiger partial charge in [0, 0.05) is 0 Å². The van der Waals surface area contributed by atoms with Gasteiger partial charge in [-0.05, 0) is 17.7 Å². The maximum atomic E-state index is 12.3. The molecule has 1 heterocycles. The third-order valence-electron chi connectivity index (χ3n) is 2.30. The van der Waals surface area contributed by atoms with Crippen LogP contribution in [0.5, 0.6) is 0 Å². The number of rotatable bonds is 2. The van der Waals surface area contributed by atoms with Crippen LogP contribution in [-0.4, -0.2) is 21.0 Å². The Kier molecular flexibility index (Phi) is 2.82. The lowest BCUT2D eigenvalue weighted by Crippen LogP contribution is -2.04. The predicted octanol–water partition coefficient (Wildman–Crippen LogP) is 2.79. The lowest BCUT2D eigenvalue weighted by atomic mass is 10.1. The molecule has 0 amide bonds. The van der Waals surface area contributed by atoms with Gasteiger partial charge in [-0.25, -0.2) is 9.78 Å². The van der Waals surface area contributed by atoms with Gasteiger partial charge in [-0.3, -0.25) is 0 Å². The van der Waals surface area contributed by atoms with Crippen LogP contribution in [0.25, 0.3) is 11.3 Å². The highest BCUT2D eigenvalue weighted by Gasteiger charge is 2.30. The van der Waals surface area contributed by atoms with E-state index in [0.29, 0.717) is 11.3 Å². The Morgan fingerprint density at radius 2 is 1.83 bits per heavy atom. The third-order valence-corrected chi connectivity index (χ3v) is 2.30. The molecule has 2 rings (SSSR count). The van der Waals surface area contributed by atoms with Crippen LogP contribution < -0.4 is 0 Å². The van der Waals surface area contributed by atoms with E-state index in [4.69, 9.17) is 5.11 Å². The number of carbonyl (C=O) groups is 1. The average Bonchev–Trinajstić information content (AvgIpc) is 2.77. The van der Waals surface area contributed by atoms with Crippen LogP contribution in [0.2, 0.25) is 0 Å². The molecule has 7 heteroatoms. The number of alkyl halides is 3. The fourth-order valence-corrected chi connectivity index (χ4v) is 1.42. The van der Waals surface area contributed by atoms with E-state index in [1.807, 2.05) is 0 Å². The van der Waals surface area contributed by atoms with Crippen molar-refractivity contribution in [3.05, 3.63) is 41.9 Å². The van der Waals surface area contributed by atoms with Crippen molar-refractivity contribution in [1.82, 2.24) is 9.97 Å². The monoisotopic (exact) mass is 256 g/mol. The number of hydrogen-bond acceptors (Lipinski definition) is 2. The minimum atomic E-state index is -4.39. The van der Waals surface area contributed by atoms with Crippen molar-refractivity contribution in [3.8, 4) is 11.3 Å². The van der Waals surface area contributed by atoms with Crippen molar-refractivity contribution in [2.45, 2.75) is 6.18 Å². The summed E-state index contributed by atoms with van der Waals surface area (Å²) >= 11 is 0. The number of nitrogens with one attached hydrogen (secondary N) is 1. The molecule has 0 aliphatic carbocycles. The number of nitrogens with zero attached hydrogens (tertiary/aromatic N) is 1. The molecule has 0 bridgehead atoms. The van der Waals surface area contributed by atoms with Gasteiger partial charge in [0.25, 0.3) is 0 Å². The third kappa shape index (κ3) is 2.34. The minimum Gasteiger partial charge on any atom is -0.475 e. The Balaban J connectivity index is 2.31. The fourth-order valence-electron chi connectivity index (χ4n) is 1.42. The second-order valence-electron chi connectivity index (χ2n) is 3.53. The Labute approximate surface area is 99.1 Å². The number of carboxylic acid groups (broad SMARTS) is 1. The van der Waals surface area contributed by atoms with Crippen LogP contribution in [0.15, 0.2) is 30.5 Å². The normalized spacial score (nSPS) is 11.5. The molecule has 0 spiro atoms. The molecular formula is C11H7F3N2O2. The van der Waals surface area contributed by atoms with Gasteiger partial charge in [-0.1, -0.05) is 12.1 Å². The molecule has 94 valence electrons. The molecule has 0 fully saturated rings. The topological polar surface area (TPSA) is 66.0 Å². The van der Waals surface area contributed by atoms with E-state index in [2.05, 4.69) is 9.97 Å². The van der Waals surface area contributed by atoms with Crippen molar-refractivity contribution in [3.63, 3.8) is 0 Å². The fraction of sp³-hybridized carbons (Fsp3) is 0.0909. The van der Waals surface area contributed by atoms with Crippen LogP contribution in [0, 0.1) is 0 Å². The van der Waals surface area contributed by atoms with Gasteiger partial charge in [0.1, 0.15) is 0 Å². The lowest BCUT2D eigenvalue weighted by Gasteiger charge is -2.06. The SMILES string of the molecule is O=C(O)c1ncc(-c2ccc(C(F)(F)F)cc2)[nH]1. The maximum Gasteiger partial charge on any atom is 0.416 e. The zero-order chi connectivity index (χ0) is 13.3. The average molecular weight is 256 g/mol. The largest absolute Gasteiger partial charge is 0.475 e. The molecule has 0 saturated carbocycles. The molecule has 0 saturated heterocycles. The van der Waals surface area contributed by atoms with Gasteiger partial charge in [0.15, 0.2) is 0 Å². The number of benzene rings is 1. The maximum absolute atomic E-state index is 12.3. The molecule has 0 radical (unpaired) electrons. The standard InChI is InChI=1S/C11H7F3N2O2/c12-11(13,14)7-3-1-6(2-4-7)8-5-15-9(16-8)10(17)18/h1-5H,(H,15,16)(H,17,18). The van der Waals surface area contributed by atoms with Gasteiger partial charge in [-0.2, -0.15) is 13.2 Å². The Bertz CT molecular complexity index is 573. The second-order valence-corrected chi connectivity index (χ2v) is 3.53. The first-order valence-electron chi connectivity index (χ1n) is 4.84. The van der Waals surface area contributed by atoms with Crippen molar-refractivity contribution in [2.75, 3.05) is 0 Å². The zero-order valence-electron chi connectivity index (χ0n) is 8.82. The van der Waals surface area contributed by atoms with E-state index < -0.39 is 17.7 Å². The number of imidazole rings is 1. The number of carboxylic acids is 1. The summed E-state index contributed by atoms with van der Waals surface area (Å²) in [5.74, 6) is -1.49. The van der Waals surface area contributed by atoms with Crippen molar-refractivity contribution >= 4 is 5.97 Å². The second kappa shape index (κ2) is 4.17. The van der Waals surface area contributed by atoms with Gasteiger partial charge >= 0.3 is 12.1 Å². The molecule has 0 aliphatic rings. The summed E-state index contributed by atoms with van der Waals surface area (Å²) in [5.41, 5.74) is 0.0216. The molecule has 0 atom stereocenters. The number of aromatic carboxylic acids is 1. The minimum absolute atomic E-state index is 0.259.